The zero-order valence-corrected chi connectivity index (χ0v) is 11.4. The van der Waals surface area contributed by atoms with Gasteiger partial charge in [0.15, 0.2) is 5.69 Å². The van der Waals surface area contributed by atoms with Gasteiger partial charge < -0.3 is 11.1 Å². The second-order valence-corrected chi connectivity index (χ2v) is 4.51. The van der Waals surface area contributed by atoms with E-state index >= 15 is 0 Å². The molecule has 1 atom stereocenters. The maximum Gasteiger partial charge on any atom is 0.433 e. The number of alkyl halides is 3. The quantitative estimate of drug-likeness (QED) is 0.904. The number of nitrogens with one attached hydrogen (secondary N) is 1. The summed E-state index contributed by atoms with van der Waals surface area (Å²) in [5.74, 6) is -0.347. The Morgan fingerprint density at radius 3 is 2.43 bits per heavy atom. The summed E-state index contributed by atoms with van der Waals surface area (Å²) in [6.07, 6.45) is -3.86. The van der Waals surface area contributed by atoms with Crippen LogP contribution in [0.15, 0.2) is 36.4 Å². The molecule has 3 N–H and O–H groups in total. The average molecular weight is 296 g/mol. The van der Waals surface area contributed by atoms with Gasteiger partial charge in [-0.15, -0.1) is 0 Å². The van der Waals surface area contributed by atoms with Gasteiger partial charge in [0.2, 0.25) is 5.95 Å². The first-order valence-electron chi connectivity index (χ1n) is 6.43. The van der Waals surface area contributed by atoms with E-state index in [1.165, 1.54) is 0 Å². The molecular weight excluding hydrogens is 281 g/mol. The van der Waals surface area contributed by atoms with Gasteiger partial charge in [0.25, 0.3) is 0 Å². The minimum atomic E-state index is -4.55. The molecule has 112 valence electrons. The predicted molar refractivity (Wildman–Crippen MR) is 74.5 cm³/mol. The number of nitrogens with two attached hydrogens (primary N) is 1. The third kappa shape index (κ3) is 3.84. The summed E-state index contributed by atoms with van der Waals surface area (Å²) in [5.41, 5.74) is 5.26. The number of hydrogen-bond donors (Lipinski definition) is 2. The van der Waals surface area contributed by atoms with Crippen molar-refractivity contribution in [3.05, 3.63) is 47.7 Å². The molecule has 0 saturated heterocycles. The van der Waals surface area contributed by atoms with Crippen LogP contribution < -0.4 is 11.1 Å². The van der Waals surface area contributed by atoms with Crippen LogP contribution in [0.4, 0.5) is 24.9 Å². The summed E-state index contributed by atoms with van der Waals surface area (Å²) < 4.78 is 38.1. The van der Waals surface area contributed by atoms with E-state index in [1.54, 1.807) is 0 Å². The van der Waals surface area contributed by atoms with Crippen LogP contribution in [-0.4, -0.2) is 9.97 Å². The fraction of sp³-hybridized carbons (Fsp3) is 0.286. The van der Waals surface area contributed by atoms with Crippen LogP contribution in [0.2, 0.25) is 0 Å². The molecule has 1 heterocycles. The molecule has 0 saturated carbocycles. The first-order chi connectivity index (χ1) is 9.90. The Morgan fingerprint density at radius 1 is 1.19 bits per heavy atom. The number of anilines is 2. The molecule has 0 aliphatic heterocycles. The van der Waals surface area contributed by atoms with Crippen LogP contribution in [0.25, 0.3) is 0 Å². The third-order valence-electron chi connectivity index (χ3n) is 2.97. The van der Waals surface area contributed by atoms with E-state index in [9.17, 15) is 13.2 Å². The summed E-state index contributed by atoms with van der Waals surface area (Å²) in [6.45, 7) is 1.93. The van der Waals surface area contributed by atoms with Crippen molar-refractivity contribution in [3.63, 3.8) is 0 Å². The maximum atomic E-state index is 12.7. The first kappa shape index (κ1) is 15.1. The fourth-order valence-corrected chi connectivity index (χ4v) is 1.97. The molecule has 0 amide bonds. The summed E-state index contributed by atoms with van der Waals surface area (Å²) in [5, 5.41) is 2.97. The SMILES string of the molecule is CCC(Nc1cc(C(F)(F)F)nc(N)n1)c1ccccc1. The van der Waals surface area contributed by atoms with Gasteiger partial charge in [0.1, 0.15) is 5.82 Å². The third-order valence-corrected chi connectivity index (χ3v) is 2.97. The number of benzene rings is 1. The lowest BCUT2D eigenvalue weighted by atomic mass is 10.0. The molecule has 0 bridgehead atoms. The van der Waals surface area contributed by atoms with Crippen LogP contribution in [-0.2, 0) is 6.18 Å². The molecule has 0 aliphatic carbocycles. The molecule has 1 aromatic carbocycles. The lowest BCUT2D eigenvalue weighted by Gasteiger charge is -2.19. The lowest BCUT2D eigenvalue weighted by Crippen LogP contribution is -2.15. The van der Waals surface area contributed by atoms with E-state index in [0.29, 0.717) is 6.42 Å². The zero-order chi connectivity index (χ0) is 15.5. The van der Waals surface area contributed by atoms with E-state index in [1.807, 2.05) is 37.3 Å². The predicted octanol–water partition coefficient (Wildman–Crippen LogP) is 3.64. The van der Waals surface area contributed by atoms with Crippen molar-refractivity contribution in [2.45, 2.75) is 25.6 Å². The standard InChI is InChI=1S/C14H15F3N4/c1-2-10(9-6-4-3-5-7-9)19-12-8-11(14(15,16)17)20-13(18)21-12/h3-8,10H,2H2,1H3,(H3,18,19,20,21). The lowest BCUT2D eigenvalue weighted by molar-refractivity contribution is -0.141. The number of aromatic nitrogens is 2. The van der Waals surface area contributed by atoms with Crippen molar-refractivity contribution in [1.82, 2.24) is 9.97 Å². The smallest absolute Gasteiger partial charge is 0.368 e. The van der Waals surface area contributed by atoms with E-state index < -0.39 is 17.8 Å². The van der Waals surface area contributed by atoms with Crippen molar-refractivity contribution in [2.75, 3.05) is 11.1 Å². The highest BCUT2D eigenvalue weighted by molar-refractivity contribution is 5.43. The van der Waals surface area contributed by atoms with Crippen molar-refractivity contribution in [3.8, 4) is 0 Å². The average Bonchev–Trinajstić information content (AvgIpc) is 2.44. The second kappa shape index (κ2) is 5.99. The number of hydrogen-bond acceptors (Lipinski definition) is 4. The summed E-state index contributed by atoms with van der Waals surface area (Å²) in [7, 11) is 0. The Bertz CT molecular complexity index is 599. The van der Waals surface area contributed by atoms with Crippen molar-refractivity contribution in [1.29, 1.82) is 0 Å². The summed E-state index contributed by atoms with van der Waals surface area (Å²) in [4.78, 5) is 7.03. The van der Waals surface area contributed by atoms with Gasteiger partial charge in [0, 0.05) is 6.07 Å². The van der Waals surface area contributed by atoms with Crippen molar-refractivity contribution in [2.24, 2.45) is 0 Å². The molecule has 4 nitrogen and oxygen atoms in total. The summed E-state index contributed by atoms with van der Waals surface area (Å²) in [6, 6.07) is 10.1. The van der Waals surface area contributed by atoms with Gasteiger partial charge in [-0.25, -0.2) is 4.98 Å². The Hall–Kier alpha value is -2.31. The Balaban J connectivity index is 2.28. The Kier molecular flexibility index (Phi) is 4.30. The van der Waals surface area contributed by atoms with E-state index in [2.05, 4.69) is 15.3 Å². The number of halogens is 3. The minimum absolute atomic E-state index is 0.0607. The van der Waals surface area contributed by atoms with Gasteiger partial charge in [-0.05, 0) is 12.0 Å². The molecular formula is C14H15F3N4. The second-order valence-electron chi connectivity index (χ2n) is 4.51. The van der Waals surface area contributed by atoms with E-state index in [4.69, 9.17) is 5.73 Å². The Labute approximate surface area is 120 Å². The highest BCUT2D eigenvalue weighted by Gasteiger charge is 2.33. The van der Waals surface area contributed by atoms with Crippen LogP contribution in [0.3, 0.4) is 0 Å². The number of rotatable bonds is 4. The van der Waals surface area contributed by atoms with Gasteiger partial charge in [-0.2, -0.15) is 18.2 Å². The molecule has 0 spiro atoms. The monoisotopic (exact) mass is 296 g/mol. The van der Waals surface area contributed by atoms with Gasteiger partial charge >= 0.3 is 6.18 Å². The fourth-order valence-electron chi connectivity index (χ4n) is 1.97. The maximum absolute atomic E-state index is 12.7. The molecule has 0 radical (unpaired) electrons. The van der Waals surface area contributed by atoms with Crippen molar-refractivity contribution >= 4 is 11.8 Å². The number of nitrogens with zero attached hydrogens (tertiary/aromatic N) is 2. The van der Waals surface area contributed by atoms with Crippen LogP contribution in [0, 0.1) is 0 Å². The van der Waals surface area contributed by atoms with Crippen molar-refractivity contribution < 1.29 is 13.2 Å². The first-order valence-corrected chi connectivity index (χ1v) is 6.43. The normalized spacial score (nSPS) is 13.0. The largest absolute Gasteiger partial charge is 0.433 e. The molecule has 2 aromatic rings. The van der Waals surface area contributed by atoms with E-state index in [-0.39, 0.29) is 11.9 Å². The molecule has 1 unspecified atom stereocenters. The van der Waals surface area contributed by atoms with E-state index in [0.717, 1.165) is 11.6 Å². The van der Waals surface area contributed by atoms with Crippen LogP contribution >= 0.6 is 0 Å². The molecule has 21 heavy (non-hydrogen) atoms. The van der Waals surface area contributed by atoms with Gasteiger partial charge in [0.05, 0.1) is 6.04 Å². The molecule has 2 rings (SSSR count). The topological polar surface area (TPSA) is 63.8 Å². The zero-order valence-electron chi connectivity index (χ0n) is 11.4. The van der Waals surface area contributed by atoms with Crippen LogP contribution in [0.5, 0.6) is 0 Å². The Morgan fingerprint density at radius 2 is 1.86 bits per heavy atom. The molecule has 0 aliphatic rings. The highest BCUT2D eigenvalue weighted by atomic mass is 19.4. The minimum Gasteiger partial charge on any atom is -0.368 e. The number of nitrogen functional groups attached to an aromatic ring is 1. The molecule has 1 aromatic heterocycles. The molecule has 0 fully saturated rings. The summed E-state index contributed by atoms with van der Waals surface area (Å²) >= 11 is 0. The van der Waals surface area contributed by atoms with Gasteiger partial charge in [-0.3, -0.25) is 0 Å². The highest BCUT2D eigenvalue weighted by Crippen LogP contribution is 2.30. The van der Waals surface area contributed by atoms with Crippen LogP contribution in [0.1, 0.15) is 30.6 Å². The molecule has 7 heteroatoms. The van der Waals surface area contributed by atoms with Gasteiger partial charge in [-0.1, -0.05) is 37.3 Å².